The molecule has 1 N–H and O–H groups in total. The average molecular weight is 278 g/mol. The summed E-state index contributed by atoms with van der Waals surface area (Å²) in [7, 11) is 0. The number of ether oxygens (including phenoxy) is 1. The van der Waals surface area contributed by atoms with E-state index in [4.69, 9.17) is 4.74 Å². The summed E-state index contributed by atoms with van der Waals surface area (Å²) < 4.78 is 5.35. The van der Waals surface area contributed by atoms with Crippen molar-refractivity contribution in [3.8, 4) is 0 Å². The maximum Gasteiger partial charge on any atom is 0.410 e. The Labute approximate surface area is 119 Å². The third-order valence-corrected chi connectivity index (χ3v) is 3.46. The lowest BCUT2D eigenvalue weighted by molar-refractivity contribution is -0.0356. The molecule has 0 aromatic carbocycles. The van der Waals surface area contributed by atoms with E-state index in [0.717, 1.165) is 5.56 Å². The van der Waals surface area contributed by atoms with Gasteiger partial charge in [-0.1, -0.05) is 0 Å². The van der Waals surface area contributed by atoms with Crippen LogP contribution < -0.4 is 0 Å². The number of carbonyl (C=O) groups is 1. The maximum absolute atomic E-state index is 12.0. The predicted octanol–water partition coefficient (Wildman–Crippen LogP) is 2.30. The molecule has 0 bridgehead atoms. The van der Waals surface area contributed by atoms with Crippen LogP contribution >= 0.6 is 0 Å². The lowest BCUT2D eigenvalue weighted by Crippen LogP contribution is -2.46. The first kappa shape index (κ1) is 14.8. The first-order valence-electron chi connectivity index (χ1n) is 6.91. The fourth-order valence-corrected chi connectivity index (χ4v) is 2.34. The minimum absolute atomic E-state index is 0.311. The molecule has 1 aromatic heterocycles. The maximum atomic E-state index is 12.0. The van der Waals surface area contributed by atoms with E-state index in [0.29, 0.717) is 25.9 Å². The standard InChI is InChI=1S/C15H22N2O3/c1-14(2,3)20-13(18)17-10-6-15(19,7-11-17)12-4-8-16-9-5-12/h4-5,8-9,19H,6-7,10-11H2,1-3H3. The molecule has 2 rings (SSSR count). The number of hydrogen-bond acceptors (Lipinski definition) is 4. The van der Waals surface area contributed by atoms with Gasteiger partial charge in [0.25, 0.3) is 0 Å². The number of likely N-dealkylation sites (tertiary alicyclic amines) is 1. The number of pyridine rings is 1. The van der Waals surface area contributed by atoms with Crippen LogP contribution in [0.5, 0.6) is 0 Å². The number of nitrogens with zero attached hydrogens (tertiary/aromatic N) is 2. The first-order valence-corrected chi connectivity index (χ1v) is 6.91. The number of aromatic nitrogens is 1. The summed E-state index contributed by atoms with van der Waals surface area (Å²) in [4.78, 5) is 17.6. The van der Waals surface area contributed by atoms with Crippen molar-refractivity contribution in [2.75, 3.05) is 13.1 Å². The Hall–Kier alpha value is -1.62. The molecule has 0 saturated carbocycles. The van der Waals surface area contributed by atoms with Gasteiger partial charge in [-0.25, -0.2) is 4.79 Å². The van der Waals surface area contributed by atoms with Crippen LogP contribution in [-0.2, 0) is 10.3 Å². The van der Waals surface area contributed by atoms with Crippen LogP contribution in [0.15, 0.2) is 24.5 Å². The molecule has 5 nitrogen and oxygen atoms in total. The van der Waals surface area contributed by atoms with Gasteiger partial charge in [0.2, 0.25) is 0 Å². The van der Waals surface area contributed by atoms with Crippen LogP contribution in [-0.4, -0.2) is 39.8 Å². The van der Waals surface area contributed by atoms with Gasteiger partial charge >= 0.3 is 6.09 Å². The van der Waals surface area contributed by atoms with Crippen molar-refractivity contribution >= 4 is 6.09 Å². The number of aliphatic hydroxyl groups is 1. The van der Waals surface area contributed by atoms with Gasteiger partial charge < -0.3 is 14.7 Å². The van der Waals surface area contributed by atoms with Crippen LogP contribution in [0, 0.1) is 0 Å². The number of rotatable bonds is 1. The molecule has 0 atom stereocenters. The van der Waals surface area contributed by atoms with Gasteiger partial charge in [0, 0.05) is 25.5 Å². The SMILES string of the molecule is CC(C)(C)OC(=O)N1CCC(O)(c2ccncc2)CC1. The molecule has 0 spiro atoms. The molecule has 5 heteroatoms. The van der Waals surface area contributed by atoms with Crippen molar-refractivity contribution in [3.63, 3.8) is 0 Å². The summed E-state index contributed by atoms with van der Waals surface area (Å²) in [5.74, 6) is 0. The first-order chi connectivity index (χ1) is 9.30. The molecule has 0 radical (unpaired) electrons. The second kappa shape index (κ2) is 5.40. The average Bonchev–Trinajstić information content (AvgIpc) is 2.38. The normalized spacial score (nSPS) is 18.7. The highest BCUT2D eigenvalue weighted by Gasteiger charge is 2.36. The molecule has 0 unspecified atom stereocenters. The van der Waals surface area contributed by atoms with Crippen LogP contribution in [0.2, 0.25) is 0 Å². The monoisotopic (exact) mass is 278 g/mol. The van der Waals surface area contributed by atoms with Crippen LogP contribution in [0.4, 0.5) is 4.79 Å². The molecule has 110 valence electrons. The molecular formula is C15H22N2O3. The molecule has 1 amide bonds. The molecular weight excluding hydrogens is 256 g/mol. The van der Waals surface area contributed by atoms with Crippen molar-refractivity contribution in [1.82, 2.24) is 9.88 Å². The van der Waals surface area contributed by atoms with Gasteiger partial charge in [0.05, 0.1) is 5.60 Å². The summed E-state index contributed by atoms with van der Waals surface area (Å²) in [5, 5.41) is 10.7. The number of hydrogen-bond donors (Lipinski definition) is 1. The predicted molar refractivity (Wildman–Crippen MR) is 75.2 cm³/mol. The Bertz CT molecular complexity index is 460. The van der Waals surface area contributed by atoms with Gasteiger partial charge in [0.1, 0.15) is 5.60 Å². The summed E-state index contributed by atoms with van der Waals surface area (Å²) >= 11 is 0. The minimum atomic E-state index is -0.874. The van der Waals surface area contributed by atoms with Crippen LogP contribution in [0.25, 0.3) is 0 Å². The lowest BCUT2D eigenvalue weighted by atomic mass is 9.85. The van der Waals surface area contributed by atoms with Gasteiger partial charge in [-0.2, -0.15) is 0 Å². The van der Waals surface area contributed by atoms with E-state index >= 15 is 0 Å². The van der Waals surface area contributed by atoms with E-state index in [2.05, 4.69) is 4.98 Å². The molecule has 20 heavy (non-hydrogen) atoms. The van der Waals surface area contributed by atoms with E-state index in [1.165, 1.54) is 0 Å². The van der Waals surface area contributed by atoms with E-state index in [9.17, 15) is 9.90 Å². The molecule has 2 heterocycles. The van der Waals surface area contributed by atoms with Crippen molar-refractivity contribution in [1.29, 1.82) is 0 Å². The Morgan fingerprint density at radius 1 is 1.30 bits per heavy atom. The van der Waals surface area contributed by atoms with E-state index in [1.54, 1.807) is 17.3 Å². The Morgan fingerprint density at radius 3 is 2.35 bits per heavy atom. The summed E-state index contributed by atoms with van der Waals surface area (Å²) in [6.45, 7) is 6.54. The highest BCUT2D eigenvalue weighted by atomic mass is 16.6. The third-order valence-electron chi connectivity index (χ3n) is 3.46. The van der Waals surface area contributed by atoms with Gasteiger partial charge in [-0.05, 0) is 51.3 Å². The second-order valence-electron chi connectivity index (χ2n) is 6.23. The third kappa shape index (κ3) is 3.48. The zero-order chi connectivity index (χ0) is 14.8. The highest BCUT2D eigenvalue weighted by molar-refractivity contribution is 5.68. The summed E-state index contributed by atoms with van der Waals surface area (Å²) in [5.41, 5.74) is -0.506. The van der Waals surface area contributed by atoms with E-state index in [1.807, 2.05) is 32.9 Å². The summed E-state index contributed by atoms with van der Waals surface area (Å²) in [6.07, 6.45) is 4.06. The van der Waals surface area contributed by atoms with Crippen molar-refractivity contribution in [3.05, 3.63) is 30.1 Å². The van der Waals surface area contributed by atoms with E-state index in [-0.39, 0.29) is 6.09 Å². The van der Waals surface area contributed by atoms with Gasteiger partial charge in [-0.3, -0.25) is 4.98 Å². The molecule has 1 aromatic rings. The molecule has 0 aliphatic carbocycles. The van der Waals surface area contributed by atoms with E-state index < -0.39 is 11.2 Å². The Kier molecular flexibility index (Phi) is 3.99. The molecule has 1 aliphatic heterocycles. The van der Waals surface area contributed by atoms with Crippen molar-refractivity contribution < 1.29 is 14.6 Å². The largest absolute Gasteiger partial charge is 0.444 e. The number of carbonyl (C=O) groups excluding carboxylic acids is 1. The van der Waals surface area contributed by atoms with Crippen molar-refractivity contribution in [2.24, 2.45) is 0 Å². The Morgan fingerprint density at radius 2 is 1.85 bits per heavy atom. The van der Waals surface area contributed by atoms with Crippen molar-refractivity contribution in [2.45, 2.75) is 44.8 Å². The topological polar surface area (TPSA) is 62.7 Å². The highest BCUT2D eigenvalue weighted by Crippen LogP contribution is 2.32. The zero-order valence-corrected chi connectivity index (χ0v) is 12.3. The fraction of sp³-hybridized carbons (Fsp3) is 0.600. The molecule has 1 saturated heterocycles. The van der Waals surface area contributed by atoms with Gasteiger partial charge in [0.15, 0.2) is 0 Å². The summed E-state index contributed by atoms with van der Waals surface area (Å²) in [6, 6.07) is 3.65. The number of piperidine rings is 1. The minimum Gasteiger partial charge on any atom is -0.444 e. The van der Waals surface area contributed by atoms with Gasteiger partial charge in [-0.15, -0.1) is 0 Å². The lowest BCUT2D eigenvalue weighted by Gasteiger charge is -2.38. The Balaban J connectivity index is 1.97. The fourth-order valence-electron chi connectivity index (χ4n) is 2.34. The van der Waals surface area contributed by atoms with Crippen LogP contribution in [0.1, 0.15) is 39.2 Å². The second-order valence-corrected chi connectivity index (χ2v) is 6.23. The zero-order valence-electron chi connectivity index (χ0n) is 12.3. The quantitative estimate of drug-likeness (QED) is 0.856. The van der Waals surface area contributed by atoms with Crippen LogP contribution in [0.3, 0.4) is 0 Å². The number of amides is 1. The molecule has 1 fully saturated rings. The molecule has 1 aliphatic rings. The smallest absolute Gasteiger partial charge is 0.410 e.